The van der Waals surface area contributed by atoms with Crippen LogP contribution < -0.4 is 5.32 Å². The normalized spacial score (nSPS) is 25.4. The number of halogens is 1. The van der Waals surface area contributed by atoms with Crippen molar-refractivity contribution in [1.29, 1.82) is 0 Å². The molecule has 1 aliphatic carbocycles. The number of rotatable bonds is 3. The highest BCUT2D eigenvalue weighted by Gasteiger charge is 2.23. The lowest BCUT2D eigenvalue weighted by Crippen LogP contribution is -2.31. The Labute approximate surface area is 102 Å². The predicted molar refractivity (Wildman–Crippen MR) is 66.7 cm³/mol. The topological polar surface area (TPSA) is 37.8 Å². The summed E-state index contributed by atoms with van der Waals surface area (Å²) in [4.78, 5) is 0. The van der Waals surface area contributed by atoms with Gasteiger partial charge in [0.15, 0.2) is 5.15 Å². The summed E-state index contributed by atoms with van der Waals surface area (Å²) in [5.74, 6) is 0.778. The summed E-state index contributed by atoms with van der Waals surface area (Å²) in [6, 6.07) is 2.41. The summed E-state index contributed by atoms with van der Waals surface area (Å²) in [7, 11) is 0. The van der Waals surface area contributed by atoms with E-state index in [1.165, 1.54) is 32.1 Å². The third kappa shape index (κ3) is 2.85. The highest BCUT2D eigenvalue weighted by molar-refractivity contribution is 6.29. The van der Waals surface area contributed by atoms with E-state index in [-0.39, 0.29) is 0 Å². The van der Waals surface area contributed by atoms with Crippen molar-refractivity contribution in [1.82, 2.24) is 10.2 Å². The van der Waals surface area contributed by atoms with Gasteiger partial charge in [-0.05, 0) is 18.8 Å². The molecule has 16 heavy (non-hydrogen) atoms. The first-order valence-corrected chi connectivity index (χ1v) is 6.42. The molecule has 2 rings (SSSR count). The molecule has 0 saturated heterocycles. The molecule has 0 bridgehead atoms. The summed E-state index contributed by atoms with van der Waals surface area (Å²) >= 11 is 5.82. The molecule has 1 aromatic rings. The van der Waals surface area contributed by atoms with E-state index in [1.807, 2.05) is 6.07 Å². The van der Waals surface area contributed by atoms with E-state index in [9.17, 15) is 0 Å². The molecule has 0 aromatic carbocycles. The summed E-state index contributed by atoms with van der Waals surface area (Å²) < 4.78 is 0. The van der Waals surface area contributed by atoms with Crippen molar-refractivity contribution in [3.8, 4) is 0 Å². The van der Waals surface area contributed by atoms with Gasteiger partial charge in [0.1, 0.15) is 0 Å². The van der Waals surface area contributed by atoms with Crippen LogP contribution in [0.15, 0.2) is 12.3 Å². The van der Waals surface area contributed by atoms with Crippen LogP contribution in [0.5, 0.6) is 0 Å². The molecule has 1 heterocycles. The summed E-state index contributed by atoms with van der Waals surface area (Å²) in [6.07, 6.45) is 8.25. The van der Waals surface area contributed by atoms with Gasteiger partial charge >= 0.3 is 0 Å². The van der Waals surface area contributed by atoms with Crippen LogP contribution in [0.3, 0.4) is 0 Å². The first kappa shape index (κ1) is 11.6. The van der Waals surface area contributed by atoms with Crippen molar-refractivity contribution in [3.05, 3.63) is 17.4 Å². The number of aromatic nitrogens is 2. The molecule has 2 unspecified atom stereocenters. The number of nitrogens with one attached hydrogen (secondary N) is 1. The lowest BCUT2D eigenvalue weighted by atomic mass is 9.83. The molecule has 1 aromatic heterocycles. The lowest BCUT2D eigenvalue weighted by Gasteiger charge is -2.32. The fourth-order valence-corrected chi connectivity index (χ4v) is 2.68. The van der Waals surface area contributed by atoms with Gasteiger partial charge in [-0.2, -0.15) is 5.10 Å². The second-order valence-corrected chi connectivity index (χ2v) is 4.86. The van der Waals surface area contributed by atoms with Crippen LogP contribution in [0.1, 0.15) is 39.0 Å². The SMILES string of the molecule is CCC1CCCCC1Nc1cnnc(Cl)c1. The molecule has 0 amide bonds. The van der Waals surface area contributed by atoms with Gasteiger partial charge < -0.3 is 5.32 Å². The van der Waals surface area contributed by atoms with Crippen LogP contribution in [-0.2, 0) is 0 Å². The van der Waals surface area contributed by atoms with Crippen LogP contribution in [0.2, 0.25) is 5.15 Å². The van der Waals surface area contributed by atoms with Gasteiger partial charge in [0.05, 0.1) is 11.9 Å². The maximum atomic E-state index is 5.82. The van der Waals surface area contributed by atoms with E-state index in [1.54, 1.807) is 6.20 Å². The molecule has 2 atom stereocenters. The molecule has 1 saturated carbocycles. The van der Waals surface area contributed by atoms with E-state index in [0.717, 1.165) is 11.6 Å². The van der Waals surface area contributed by atoms with Gasteiger partial charge in [-0.15, -0.1) is 5.10 Å². The highest BCUT2D eigenvalue weighted by atomic mass is 35.5. The summed E-state index contributed by atoms with van der Waals surface area (Å²) in [5, 5.41) is 11.6. The third-order valence-corrected chi connectivity index (χ3v) is 3.59. The number of nitrogens with zero attached hydrogens (tertiary/aromatic N) is 2. The Hall–Kier alpha value is -0.830. The maximum Gasteiger partial charge on any atom is 0.153 e. The molecule has 3 nitrogen and oxygen atoms in total. The van der Waals surface area contributed by atoms with E-state index in [0.29, 0.717) is 11.2 Å². The Kier molecular flexibility index (Phi) is 3.99. The second kappa shape index (κ2) is 5.48. The standard InChI is InChI=1S/C12H18ClN3/c1-2-9-5-3-4-6-11(9)15-10-7-12(13)16-14-8-10/h7-9,11H,2-6H2,1H3,(H,15,16). The van der Waals surface area contributed by atoms with Crippen molar-refractivity contribution in [2.24, 2.45) is 5.92 Å². The molecule has 0 aliphatic heterocycles. The van der Waals surface area contributed by atoms with Gasteiger partial charge in [0, 0.05) is 12.1 Å². The zero-order valence-corrected chi connectivity index (χ0v) is 10.4. The minimum Gasteiger partial charge on any atom is -0.381 e. The van der Waals surface area contributed by atoms with Crippen molar-refractivity contribution < 1.29 is 0 Å². The first-order chi connectivity index (χ1) is 7.79. The number of hydrogen-bond acceptors (Lipinski definition) is 3. The first-order valence-electron chi connectivity index (χ1n) is 6.04. The van der Waals surface area contributed by atoms with Gasteiger partial charge in [0.25, 0.3) is 0 Å². The monoisotopic (exact) mass is 239 g/mol. The highest BCUT2D eigenvalue weighted by Crippen LogP contribution is 2.29. The van der Waals surface area contributed by atoms with Crippen molar-refractivity contribution in [2.75, 3.05) is 5.32 Å². The zero-order valence-electron chi connectivity index (χ0n) is 9.62. The van der Waals surface area contributed by atoms with Crippen LogP contribution in [0.25, 0.3) is 0 Å². The van der Waals surface area contributed by atoms with Gasteiger partial charge in [-0.3, -0.25) is 0 Å². The van der Waals surface area contributed by atoms with E-state index in [2.05, 4.69) is 22.4 Å². The van der Waals surface area contributed by atoms with Crippen molar-refractivity contribution in [2.45, 2.75) is 45.1 Å². The molecule has 0 spiro atoms. The van der Waals surface area contributed by atoms with E-state index in [4.69, 9.17) is 11.6 Å². The Morgan fingerprint density at radius 2 is 2.25 bits per heavy atom. The number of anilines is 1. The van der Waals surface area contributed by atoms with E-state index >= 15 is 0 Å². The molecular weight excluding hydrogens is 222 g/mol. The predicted octanol–water partition coefficient (Wildman–Crippen LogP) is 3.51. The molecule has 1 aliphatic rings. The molecule has 4 heteroatoms. The molecule has 1 fully saturated rings. The molecule has 1 N–H and O–H groups in total. The Morgan fingerprint density at radius 1 is 1.44 bits per heavy atom. The third-order valence-electron chi connectivity index (χ3n) is 3.41. The summed E-state index contributed by atoms with van der Waals surface area (Å²) in [6.45, 7) is 2.27. The maximum absolute atomic E-state index is 5.82. The molecule has 0 radical (unpaired) electrons. The van der Waals surface area contributed by atoms with Crippen molar-refractivity contribution >= 4 is 17.3 Å². The largest absolute Gasteiger partial charge is 0.381 e. The Balaban J connectivity index is 2.02. The Bertz CT molecular complexity index is 343. The van der Waals surface area contributed by atoms with Crippen LogP contribution in [-0.4, -0.2) is 16.2 Å². The van der Waals surface area contributed by atoms with Gasteiger partial charge in [-0.25, -0.2) is 0 Å². The quantitative estimate of drug-likeness (QED) is 0.877. The van der Waals surface area contributed by atoms with Crippen LogP contribution in [0.4, 0.5) is 5.69 Å². The summed E-state index contributed by atoms with van der Waals surface area (Å²) in [5.41, 5.74) is 0.991. The van der Waals surface area contributed by atoms with Crippen LogP contribution >= 0.6 is 11.6 Å². The van der Waals surface area contributed by atoms with Crippen molar-refractivity contribution in [3.63, 3.8) is 0 Å². The zero-order chi connectivity index (χ0) is 11.4. The average Bonchev–Trinajstić information content (AvgIpc) is 2.30. The molecular formula is C12H18ClN3. The fourth-order valence-electron chi connectivity index (χ4n) is 2.52. The Morgan fingerprint density at radius 3 is 3.00 bits per heavy atom. The van der Waals surface area contributed by atoms with Gasteiger partial charge in [0.2, 0.25) is 0 Å². The average molecular weight is 240 g/mol. The second-order valence-electron chi connectivity index (χ2n) is 4.47. The fraction of sp³-hybridized carbons (Fsp3) is 0.667. The van der Waals surface area contributed by atoms with Crippen LogP contribution in [0, 0.1) is 5.92 Å². The number of hydrogen-bond donors (Lipinski definition) is 1. The lowest BCUT2D eigenvalue weighted by molar-refractivity contribution is 0.317. The smallest absolute Gasteiger partial charge is 0.153 e. The minimum atomic E-state index is 0.453. The van der Waals surface area contributed by atoms with E-state index < -0.39 is 0 Å². The van der Waals surface area contributed by atoms with Gasteiger partial charge in [-0.1, -0.05) is 37.8 Å². The minimum absolute atomic E-state index is 0.453. The molecule has 88 valence electrons.